The number of amides is 1. The highest BCUT2D eigenvalue weighted by atomic mass is 19.1. The van der Waals surface area contributed by atoms with E-state index in [4.69, 9.17) is 14.7 Å². The predicted molar refractivity (Wildman–Crippen MR) is 101 cm³/mol. The van der Waals surface area contributed by atoms with Crippen molar-refractivity contribution in [1.29, 1.82) is 5.26 Å². The van der Waals surface area contributed by atoms with E-state index in [-0.39, 0.29) is 18.3 Å². The first-order valence-corrected chi connectivity index (χ1v) is 8.55. The average molecular weight is 376 g/mol. The fraction of sp³-hybridized carbons (Fsp3) is 0.0909. The maximum absolute atomic E-state index is 12.9. The fourth-order valence-electron chi connectivity index (χ4n) is 2.39. The Balaban J connectivity index is 1.47. The summed E-state index contributed by atoms with van der Waals surface area (Å²) < 4.78 is 23.9. The zero-order chi connectivity index (χ0) is 19.8. The van der Waals surface area contributed by atoms with Gasteiger partial charge < -0.3 is 14.8 Å². The van der Waals surface area contributed by atoms with Gasteiger partial charge in [0.15, 0.2) is 6.61 Å². The summed E-state index contributed by atoms with van der Waals surface area (Å²) in [7, 11) is 0. The zero-order valence-electron chi connectivity index (χ0n) is 14.9. The highest BCUT2D eigenvalue weighted by molar-refractivity contribution is 5.77. The van der Waals surface area contributed by atoms with Gasteiger partial charge >= 0.3 is 0 Å². The summed E-state index contributed by atoms with van der Waals surface area (Å²) in [4.78, 5) is 12.0. The Bertz CT molecular complexity index is 980. The molecule has 0 saturated heterocycles. The predicted octanol–water partition coefficient (Wildman–Crippen LogP) is 4.18. The summed E-state index contributed by atoms with van der Waals surface area (Å²) in [6, 6.07) is 21.7. The number of hydrogen-bond acceptors (Lipinski definition) is 4. The van der Waals surface area contributed by atoms with Crippen molar-refractivity contribution in [2.45, 2.75) is 6.54 Å². The lowest BCUT2D eigenvalue weighted by Crippen LogP contribution is -2.28. The Morgan fingerprint density at radius 1 is 0.964 bits per heavy atom. The van der Waals surface area contributed by atoms with Crippen molar-refractivity contribution < 1.29 is 18.7 Å². The van der Waals surface area contributed by atoms with E-state index >= 15 is 0 Å². The summed E-state index contributed by atoms with van der Waals surface area (Å²) >= 11 is 0. The average Bonchev–Trinajstić information content (AvgIpc) is 2.73. The lowest BCUT2D eigenvalue weighted by Gasteiger charge is -2.09. The van der Waals surface area contributed by atoms with Crippen molar-refractivity contribution in [2.75, 3.05) is 6.61 Å². The van der Waals surface area contributed by atoms with Crippen LogP contribution in [0.4, 0.5) is 4.39 Å². The quantitative estimate of drug-likeness (QED) is 0.671. The number of nitriles is 1. The highest BCUT2D eigenvalue weighted by Gasteiger charge is 2.06. The molecule has 1 amide bonds. The van der Waals surface area contributed by atoms with E-state index in [0.717, 1.165) is 5.56 Å². The molecule has 28 heavy (non-hydrogen) atoms. The van der Waals surface area contributed by atoms with Crippen LogP contribution in [-0.2, 0) is 11.3 Å². The number of para-hydroxylation sites is 1. The van der Waals surface area contributed by atoms with E-state index in [1.807, 2.05) is 18.2 Å². The summed E-state index contributed by atoms with van der Waals surface area (Å²) in [5.41, 5.74) is 1.27. The number of nitrogens with zero attached hydrogens (tertiary/aromatic N) is 1. The van der Waals surface area contributed by atoms with Gasteiger partial charge in [-0.3, -0.25) is 4.79 Å². The second-order valence-electron chi connectivity index (χ2n) is 5.87. The van der Waals surface area contributed by atoms with Crippen LogP contribution in [-0.4, -0.2) is 12.5 Å². The molecule has 0 aliphatic rings. The minimum atomic E-state index is -0.321. The maximum Gasteiger partial charge on any atom is 0.258 e. The molecule has 3 rings (SSSR count). The van der Waals surface area contributed by atoms with E-state index in [1.54, 1.807) is 48.5 Å². The number of halogens is 1. The van der Waals surface area contributed by atoms with Gasteiger partial charge in [-0.05, 0) is 54.1 Å². The second kappa shape index (κ2) is 9.19. The normalized spacial score (nSPS) is 10.0. The van der Waals surface area contributed by atoms with Crippen molar-refractivity contribution in [3.63, 3.8) is 0 Å². The third-order valence-corrected chi connectivity index (χ3v) is 3.83. The van der Waals surface area contributed by atoms with Crippen molar-refractivity contribution in [1.82, 2.24) is 5.32 Å². The molecular formula is C22H17FN2O3. The molecule has 0 spiro atoms. The van der Waals surface area contributed by atoms with Crippen LogP contribution in [0.1, 0.15) is 11.1 Å². The van der Waals surface area contributed by atoms with Crippen molar-refractivity contribution in [3.05, 3.63) is 89.7 Å². The molecule has 3 aromatic carbocycles. The number of carbonyl (C=O) groups is 1. The molecule has 0 aliphatic heterocycles. The molecule has 0 heterocycles. The van der Waals surface area contributed by atoms with Gasteiger partial charge in [-0.15, -0.1) is 0 Å². The smallest absolute Gasteiger partial charge is 0.258 e. The van der Waals surface area contributed by atoms with Crippen LogP contribution in [0.25, 0.3) is 0 Å². The summed E-state index contributed by atoms with van der Waals surface area (Å²) in [5, 5.41) is 11.8. The molecule has 3 aromatic rings. The van der Waals surface area contributed by atoms with E-state index in [1.165, 1.54) is 12.1 Å². The van der Waals surface area contributed by atoms with E-state index in [0.29, 0.717) is 29.4 Å². The first kappa shape index (κ1) is 18.9. The number of benzene rings is 3. The van der Waals surface area contributed by atoms with Crippen LogP contribution in [0.5, 0.6) is 17.2 Å². The number of carbonyl (C=O) groups excluding carboxylic acids is 1. The summed E-state index contributed by atoms with van der Waals surface area (Å²) in [5.74, 6) is 0.913. The molecule has 0 aliphatic carbocycles. The molecule has 5 nitrogen and oxygen atoms in total. The molecule has 0 atom stereocenters. The Kier molecular flexibility index (Phi) is 6.21. The first-order valence-electron chi connectivity index (χ1n) is 8.55. The molecule has 0 bridgehead atoms. The fourth-order valence-corrected chi connectivity index (χ4v) is 2.39. The van der Waals surface area contributed by atoms with Gasteiger partial charge in [-0.25, -0.2) is 4.39 Å². The van der Waals surface area contributed by atoms with Gasteiger partial charge in [-0.2, -0.15) is 5.26 Å². The molecule has 0 radical (unpaired) electrons. The van der Waals surface area contributed by atoms with Crippen molar-refractivity contribution in [3.8, 4) is 23.3 Å². The molecule has 0 fully saturated rings. The third-order valence-electron chi connectivity index (χ3n) is 3.83. The summed E-state index contributed by atoms with van der Waals surface area (Å²) in [6.45, 7) is 0.156. The molecular weight excluding hydrogens is 359 g/mol. The summed E-state index contributed by atoms with van der Waals surface area (Å²) in [6.07, 6.45) is 0. The van der Waals surface area contributed by atoms with Crippen LogP contribution < -0.4 is 14.8 Å². The Morgan fingerprint density at radius 2 is 1.61 bits per heavy atom. The van der Waals surface area contributed by atoms with Crippen LogP contribution in [0, 0.1) is 17.1 Å². The lowest BCUT2D eigenvalue weighted by atomic mass is 10.2. The Hall–Kier alpha value is -3.85. The topological polar surface area (TPSA) is 71.3 Å². The van der Waals surface area contributed by atoms with Gasteiger partial charge in [0, 0.05) is 6.54 Å². The van der Waals surface area contributed by atoms with Crippen molar-refractivity contribution >= 4 is 5.91 Å². The van der Waals surface area contributed by atoms with Gasteiger partial charge in [0.2, 0.25) is 0 Å². The first-order chi connectivity index (χ1) is 13.6. The zero-order valence-corrected chi connectivity index (χ0v) is 14.9. The molecule has 1 N–H and O–H groups in total. The van der Waals surface area contributed by atoms with Gasteiger partial charge in [0.05, 0.1) is 5.56 Å². The minimum Gasteiger partial charge on any atom is -0.482 e. The maximum atomic E-state index is 12.9. The van der Waals surface area contributed by atoms with Crippen molar-refractivity contribution in [2.24, 2.45) is 0 Å². The van der Waals surface area contributed by atoms with Crippen LogP contribution in [0.2, 0.25) is 0 Å². The van der Waals surface area contributed by atoms with Gasteiger partial charge in [0.1, 0.15) is 29.1 Å². The van der Waals surface area contributed by atoms with E-state index < -0.39 is 0 Å². The molecule has 0 unspecified atom stereocenters. The molecule has 140 valence electrons. The lowest BCUT2D eigenvalue weighted by molar-refractivity contribution is -0.123. The van der Waals surface area contributed by atoms with Crippen LogP contribution in [0.3, 0.4) is 0 Å². The standard InChI is InChI=1S/C22H17FN2O3/c23-18-7-11-20(12-8-18)28-19-9-5-16(6-10-19)14-25-22(26)15-27-21-4-2-1-3-17(21)13-24/h1-12H,14-15H2,(H,25,26). The Labute approximate surface area is 162 Å². The monoisotopic (exact) mass is 376 g/mol. The molecule has 6 heteroatoms. The van der Waals surface area contributed by atoms with Crippen LogP contribution >= 0.6 is 0 Å². The minimum absolute atomic E-state index is 0.176. The SMILES string of the molecule is N#Cc1ccccc1OCC(=O)NCc1ccc(Oc2ccc(F)cc2)cc1. The number of ether oxygens (including phenoxy) is 2. The van der Waals surface area contributed by atoms with E-state index in [2.05, 4.69) is 5.32 Å². The Morgan fingerprint density at radius 3 is 2.29 bits per heavy atom. The van der Waals surface area contributed by atoms with E-state index in [9.17, 15) is 9.18 Å². The largest absolute Gasteiger partial charge is 0.482 e. The molecule has 0 aromatic heterocycles. The number of hydrogen-bond donors (Lipinski definition) is 1. The second-order valence-corrected chi connectivity index (χ2v) is 5.87. The molecule has 0 saturated carbocycles. The third kappa shape index (κ3) is 5.32. The number of rotatable bonds is 7. The van der Waals surface area contributed by atoms with Crippen LogP contribution in [0.15, 0.2) is 72.8 Å². The number of nitrogens with one attached hydrogen (secondary N) is 1. The highest BCUT2D eigenvalue weighted by Crippen LogP contribution is 2.22. The van der Waals surface area contributed by atoms with Gasteiger partial charge in [0.25, 0.3) is 5.91 Å². The van der Waals surface area contributed by atoms with Gasteiger partial charge in [-0.1, -0.05) is 24.3 Å².